The third-order valence-electron chi connectivity index (χ3n) is 4.85. The van der Waals surface area contributed by atoms with Crippen LogP contribution in [-0.2, 0) is 13.0 Å². The first-order chi connectivity index (χ1) is 12.6. The number of rotatable bonds is 1. The molecule has 1 aliphatic rings. The quantitative estimate of drug-likeness (QED) is 0.636. The molecule has 0 radical (unpaired) electrons. The Balaban J connectivity index is 1.76. The summed E-state index contributed by atoms with van der Waals surface area (Å²) in [4.78, 5) is 21.6. The smallest absolute Gasteiger partial charge is 0.261 e. The van der Waals surface area contributed by atoms with E-state index in [-0.39, 0.29) is 5.56 Å². The summed E-state index contributed by atoms with van der Waals surface area (Å²) in [5.74, 6) is 6.80. The highest BCUT2D eigenvalue weighted by atomic mass is 19.1. The van der Waals surface area contributed by atoms with Gasteiger partial charge in [-0.05, 0) is 42.7 Å². The zero-order chi connectivity index (χ0) is 18.1. The molecule has 26 heavy (non-hydrogen) atoms. The number of aryl methyl sites for hydroxylation is 1. The summed E-state index contributed by atoms with van der Waals surface area (Å²) in [6.07, 6.45) is 3.00. The van der Waals surface area contributed by atoms with Gasteiger partial charge in [-0.15, -0.1) is 0 Å². The van der Waals surface area contributed by atoms with Gasteiger partial charge in [-0.2, -0.15) is 0 Å². The lowest BCUT2D eigenvalue weighted by atomic mass is 9.84. The zero-order valence-electron chi connectivity index (χ0n) is 14.5. The van der Waals surface area contributed by atoms with Gasteiger partial charge in [-0.3, -0.25) is 13.8 Å². The van der Waals surface area contributed by atoms with E-state index in [1.807, 2.05) is 37.3 Å². The molecule has 3 aromatic rings. The van der Waals surface area contributed by atoms with Crippen molar-refractivity contribution >= 4 is 10.9 Å². The van der Waals surface area contributed by atoms with Crippen LogP contribution in [0.25, 0.3) is 10.9 Å². The summed E-state index contributed by atoms with van der Waals surface area (Å²) in [5, 5.41) is 0.542. The molecule has 0 fully saturated rings. The molecule has 1 atom stereocenters. The van der Waals surface area contributed by atoms with E-state index in [1.54, 1.807) is 16.8 Å². The van der Waals surface area contributed by atoms with E-state index in [4.69, 9.17) is 0 Å². The minimum atomic E-state index is -0.486. The van der Waals surface area contributed by atoms with Crippen LogP contribution in [0.3, 0.4) is 0 Å². The average molecular weight is 347 g/mol. The van der Waals surface area contributed by atoms with E-state index in [9.17, 15) is 9.18 Å². The van der Waals surface area contributed by atoms with Crippen LogP contribution in [-0.4, -0.2) is 21.2 Å². The number of hydrogen-bond donors (Lipinski definition) is 0. The molecular formula is C21H18FN3O. The standard InChI is InChI=1S/C21H18FN3O/c1-21(13-22)10-9-19-24-18-12-15(5-7-16-4-2-3-11-23-16)6-8-17(18)20(26)25(19)14-21/h2-4,6,8,11-12H,9-10,13-14H2,1H3. The Kier molecular flexibility index (Phi) is 4.04. The van der Waals surface area contributed by atoms with Crippen LogP contribution < -0.4 is 5.56 Å². The fraction of sp³-hybridized carbons (Fsp3) is 0.286. The van der Waals surface area contributed by atoms with Crippen LogP contribution in [0.15, 0.2) is 47.4 Å². The Bertz CT molecular complexity index is 1100. The molecule has 130 valence electrons. The average Bonchev–Trinajstić information content (AvgIpc) is 2.68. The van der Waals surface area contributed by atoms with Crippen molar-refractivity contribution < 1.29 is 4.39 Å². The van der Waals surface area contributed by atoms with Crippen molar-refractivity contribution in [3.63, 3.8) is 0 Å². The summed E-state index contributed by atoms with van der Waals surface area (Å²) < 4.78 is 15.0. The normalized spacial score (nSPS) is 18.8. The molecule has 0 amide bonds. The summed E-state index contributed by atoms with van der Waals surface area (Å²) in [6, 6.07) is 11.0. The molecule has 0 bridgehead atoms. The first-order valence-corrected chi connectivity index (χ1v) is 8.60. The van der Waals surface area contributed by atoms with Gasteiger partial charge in [0.15, 0.2) is 0 Å². The molecule has 0 aliphatic carbocycles. The molecule has 4 rings (SSSR count). The fourth-order valence-corrected chi connectivity index (χ4v) is 3.26. The lowest BCUT2D eigenvalue weighted by Gasteiger charge is -2.32. The van der Waals surface area contributed by atoms with Crippen molar-refractivity contribution in [1.82, 2.24) is 14.5 Å². The lowest BCUT2D eigenvalue weighted by Crippen LogP contribution is -2.39. The van der Waals surface area contributed by atoms with Gasteiger partial charge >= 0.3 is 0 Å². The molecule has 4 nitrogen and oxygen atoms in total. The third-order valence-corrected chi connectivity index (χ3v) is 4.85. The second kappa shape index (κ2) is 6.38. The molecule has 1 unspecified atom stereocenters. The summed E-state index contributed by atoms with van der Waals surface area (Å²) in [5.41, 5.74) is 1.52. The van der Waals surface area contributed by atoms with Crippen molar-refractivity contribution in [3.8, 4) is 11.8 Å². The molecule has 3 heterocycles. The van der Waals surface area contributed by atoms with Gasteiger partial charge < -0.3 is 0 Å². The number of pyridine rings is 1. The van der Waals surface area contributed by atoms with Gasteiger partial charge in [0.25, 0.3) is 5.56 Å². The number of halogens is 1. The Morgan fingerprint density at radius 3 is 2.92 bits per heavy atom. The Morgan fingerprint density at radius 2 is 2.15 bits per heavy atom. The maximum Gasteiger partial charge on any atom is 0.261 e. The molecule has 2 aromatic heterocycles. The SMILES string of the molecule is CC1(CF)CCc2nc3cc(C#Cc4ccccn4)ccc3c(=O)n2C1. The van der Waals surface area contributed by atoms with E-state index in [1.165, 1.54) is 0 Å². The van der Waals surface area contributed by atoms with Crippen LogP contribution in [0.4, 0.5) is 4.39 Å². The summed E-state index contributed by atoms with van der Waals surface area (Å²) >= 11 is 0. The molecule has 0 spiro atoms. The number of hydrogen-bond acceptors (Lipinski definition) is 3. The first kappa shape index (κ1) is 16.5. The third kappa shape index (κ3) is 2.99. The van der Waals surface area contributed by atoms with Gasteiger partial charge in [0.1, 0.15) is 11.5 Å². The Morgan fingerprint density at radius 1 is 1.27 bits per heavy atom. The van der Waals surface area contributed by atoms with Gasteiger partial charge in [-0.1, -0.05) is 18.9 Å². The number of nitrogens with zero attached hydrogens (tertiary/aromatic N) is 3. The van der Waals surface area contributed by atoms with Crippen LogP contribution in [0.2, 0.25) is 0 Å². The van der Waals surface area contributed by atoms with Crippen LogP contribution in [0.1, 0.15) is 30.4 Å². The monoisotopic (exact) mass is 347 g/mol. The molecule has 1 aliphatic heterocycles. The maximum absolute atomic E-state index is 13.3. The molecule has 0 N–H and O–H groups in total. The topological polar surface area (TPSA) is 47.8 Å². The van der Waals surface area contributed by atoms with Crippen molar-refractivity contribution in [2.45, 2.75) is 26.3 Å². The molecule has 5 heteroatoms. The number of aromatic nitrogens is 3. The Labute approximate surface area is 150 Å². The number of benzene rings is 1. The molecular weight excluding hydrogens is 329 g/mol. The van der Waals surface area contributed by atoms with E-state index >= 15 is 0 Å². The first-order valence-electron chi connectivity index (χ1n) is 8.60. The van der Waals surface area contributed by atoms with E-state index in [0.717, 1.165) is 11.4 Å². The highest BCUT2D eigenvalue weighted by molar-refractivity contribution is 5.79. The van der Waals surface area contributed by atoms with Gasteiger partial charge in [0.2, 0.25) is 0 Å². The lowest BCUT2D eigenvalue weighted by molar-refractivity contribution is 0.158. The van der Waals surface area contributed by atoms with Crippen molar-refractivity contribution in [3.05, 3.63) is 70.0 Å². The molecule has 1 aromatic carbocycles. The second-order valence-corrected chi connectivity index (χ2v) is 7.06. The summed E-state index contributed by atoms with van der Waals surface area (Å²) in [7, 11) is 0. The predicted molar refractivity (Wildman–Crippen MR) is 98.6 cm³/mol. The summed E-state index contributed by atoms with van der Waals surface area (Å²) in [6.45, 7) is 1.82. The van der Waals surface area contributed by atoms with Crippen LogP contribution in [0, 0.1) is 17.3 Å². The van der Waals surface area contributed by atoms with Crippen molar-refractivity contribution in [2.75, 3.05) is 6.67 Å². The van der Waals surface area contributed by atoms with E-state index < -0.39 is 12.1 Å². The molecule has 0 saturated carbocycles. The van der Waals surface area contributed by atoms with E-state index in [0.29, 0.717) is 36.0 Å². The highest BCUT2D eigenvalue weighted by Crippen LogP contribution is 2.30. The van der Waals surface area contributed by atoms with Crippen molar-refractivity contribution in [2.24, 2.45) is 5.41 Å². The van der Waals surface area contributed by atoms with Crippen LogP contribution in [0.5, 0.6) is 0 Å². The Hall–Kier alpha value is -3.00. The molecule has 0 saturated heterocycles. The highest BCUT2D eigenvalue weighted by Gasteiger charge is 2.31. The zero-order valence-corrected chi connectivity index (χ0v) is 14.5. The van der Waals surface area contributed by atoms with E-state index in [2.05, 4.69) is 21.8 Å². The number of alkyl halides is 1. The maximum atomic E-state index is 13.3. The largest absolute Gasteiger partial charge is 0.295 e. The van der Waals surface area contributed by atoms with Gasteiger partial charge in [-0.25, -0.2) is 9.97 Å². The minimum Gasteiger partial charge on any atom is -0.295 e. The van der Waals surface area contributed by atoms with Gasteiger partial charge in [0.05, 0.1) is 17.6 Å². The second-order valence-electron chi connectivity index (χ2n) is 7.06. The van der Waals surface area contributed by atoms with Crippen LogP contribution >= 0.6 is 0 Å². The fourth-order valence-electron chi connectivity index (χ4n) is 3.26. The predicted octanol–water partition coefficient (Wildman–Crippen LogP) is 3.11. The van der Waals surface area contributed by atoms with Crippen molar-refractivity contribution in [1.29, 1.82) is 0 Å². The van der Waals surface area contributed by atoms with Gasteiger partial charge in [0, 0.05) is 30.1 Å². The minimum absolute atomic E-state index is 0.103. The number of fused-ring (bicyclic) bond motifs is 2.